The van der Waals surface area contributed by atoms with Crippen LogP contribution in [0.2, 0.25) is 0 Å². The van der Waals surface area contributed by atoms with Crippen LogP contribution in [0, 0.1) is 6.92 Å². The molecular formula is C18H19N5O2. The molecule has 0 radical (unpaired) electrons. The molecule has 0 aliphatic rings. The summed E-state index contributed by atoms with van der Waals surface area (Å²) in [6.07, 6.45) is 1.58. The van der Waals surface area contributed by atoms with Crippen LogP contribution in [0.15, 0.2) is 53.2 Å². The first-order valence-electron chi connectivity index (χ1n) is 7.76. The average Bonchev–Trinajstić information content (AvgIpc) is 3.01. The van der Waals surface area contributed by atoms with Crippen molar-refractivity contribution < 1.29 is 9.32 Å². The van der Waals surface area contributed by atoms with E-state index in [0.717, 1.165) is 17.1 Å². The Kier molecular flexibility index (Phi) is 4.65. The van der Waals surface area contributed by atoms with Crippen molar-refractivity contribution in [1.29, 1.82) is 0 Å². The van der Waals surface area contributed by atoms with Gasteiger partial charge in [0.25, 0.3) is 5.91 Å². The molecule has 2 aromatic heterocycles. The predicted octanol–water partition coefficient (Wildman–Crippen LogP) is 3.44. The Bertz CT molecular complexity index is 854. The number of hydrogen-bond donors (Lipinski definition) is 2. The van der Waals surface area contributed by atoms with Crippen LogP contribution in [-0.4, -0.2) is 30.1 Å². The van der Waals surface area contributed by atoms with Crippen molar-refractivity contribution in [1.82, 2.24) is 10.1 Å². The van der Waals surface area contributed by atoms with E-state index >= 15 is 0 Å². The van der Waals surface area contributed by atoms with Crippen LogP contribution < -0.4 is 15.5 Å². The first-order chi connectivity index (χ1) is 12.0. The molecule has 0 saturated heterocycles. The van der Waals surface area contributed by atoms with Crippen molar-refractivity contribution in [3.8, 4) is 0 Å². The van der Waals surface area contributed by atoms with Gasteiger partial charge in [-0.2, -0.15) is 0 Å². The Hall–Kier alpha value is -3.35. The molecule has 2 N–H and O–H groups in total. The van der Waals surface area contributed by atoms with Crippen LogP contribution in [-0.2, 0) is 0 Å². The molecule has 0 atom stereocenters. The summed E-state index contributed by atoms with van der Waals surface area (Å²) < 4.78 is 4.99. The van der Waals surface area contributed by atoms with Gasteiger partial charge in [0, 0.05) is 31.5 Å². The summed E-state index contributed by atoms with van der Waals surface area (Å²) in [4.78, 5) is 18.5. The molecule has 0 fully saturated rings. The summed E-state index contributed by atoms with van der Waals surface area (Å²) >= 11 is 0. The number of nitrogens with one attached hydrogen (secondary N) is 2. The highest BCUT2D eigenvalue weighted by molar-refractivity contribution is 6.03. The summed E-state index contributed by atoms with van der Waals surface area (Å²) in [5.74, 6) is 1.05. The number of anilines is 4. The second kappa shape index (κ2) is 7.04. The maximum atomic E-state index is 12.3. The van der Waals surface area contributed by atoms with E-state index in [2.05, 4.69) is 20.8 Å². The standard InChI is InChI=1S/C18H19N5O2/c1-12-10-17(22-25-12)20-14-6-9-16(19-11-14)18(24)21-13-4-7-15(8-5-13)23(2)3/h4-11H,1-3H3,(H,20,22)(H,21,24). The number of hydrogen-bond acceptors (Lipinski definition) is 6. The minimum absolute atomic E-state index is 0.263. The Morgan fingerprint density at radius 3 is 2.36 bits per heavy atom. The Labute approximate surface area is 145 Å². The number of carbonyl (C=O) groups is 1. The maximum Gasteiger partial charge on any atom is 0.274 e. The summed E-state index contributed by atoms with van der Waals surface area (Å²) in [6.45, 7) is 1.81. The van der Waals surface area contributed by atoms with Crippen LogP contribution in [0.4, 0.5) is 22.9 Å². The lowest BCUT2D eigenvalue weighted by Gasteiger charge is -2.13. The van der Waals surface area contributed by atoms with E-state index in [1.54, 1.807) is 24.4 Å². The van der Waals surface area contributed by atoms with Gasteiger partial charge in [0.15, 0.2) is 5.82 Å². The fraction of sp³-hybridized carbons (Fsp3) is 0.167. The lowest BCUT2D eigenvalue weighted by atomic mass is 10.2. The smallest absolute Gasteiger partial charge is 0.274 e. The zero-order chi connectivity index (χ0) is 17.8. The number of nitrogens with zero attached hydrogens (tertiary/aromatic N) is 3. The number of carbonyl (C=O) groups excluding carboxylic acids is 1. The third kappa shape index (κ3) is 4.14. The Morgan fingerprint density at radius 2 is 1.80 bits per heavy atom. The van der Waals surface area contributed by atoms with E-state index in [1.165, 1.54) is 0 Å². The van der Waals surface area contributed by atoms with Crippen molar-refractivity contribution in [2.45, 2.75) is 6.92 Å². The summed E-state index contributed by atoms with van der Waals surface area (Å²) in [5, 5.41) is 9.73. The van der Waals surface area contributed by atoms with Crippen molar-refractivity contribution in [2.75, 3.05) is 29.6 Å². The summed E-state index contributed by atoms with van der Waals surface area (Å²) in [6, 6.07) is 12.8. The van der Waals surface area contributed by atoms with Crippen molar-refractivity contribution in [3.63, 3.8) is 0 Å². The zero-order valence-electron chi connectivity index (χ0n) is 14.3. The molecule has 0 spiro atoms. The van der Waals surface area contributed by atoms with Crippen molar-refractivity contribution in [3.05, 3.63) is 60.1 Å². The summed E-state index contributed by atoms with van der Waals surface area (Å²) in [7, 11) is 3.93. The van der Waals surface area contributed by atoms with Crippen LogP contribution in [0.5, 0.6) is 0 Å². The van der Waals surface area contributed by atoms with Crippen LogP contribution in [0.25, 0.3) is 0 Å². The second-order valence-electron chi connectivity index (χ2n) is 5.78. The molecule has 3 aromatic rings. The van der Waals surface area contributed by atoms with Crippen molar-refractivity contribution in [2.24, 2.45) is 0 Å². The van der Waals surface area contributed by atoms with E-state index in [0.29, 0.717) is 17.3 Å². The second-order valence-corrected chi connectivity index (χ2v) is 5.78. The quantitative estimate of drug-likeness (QED) is 0.742. The molecule has 1 amide bonds. The SMILES string of the molecule is Cc1cc(Nc2ccc(C(=O)Nc3ccc(N(C)C)cc3)nc2)no1. The van der Waals surface area contributed by atoms with E-state index < -0.39 is 0 Å². The highest BCUT2D eigenvalue weighted by atomic mass is 16.5. The fourth-order valence-corrected chi connectivity index (χ4v) is 2.21. The van der Waals surface area contributed by atoms with E-state index in [1.807, 2.05) is 50.2 Å². The topological polar surface area (TPSA) is 83.3 Å². The Balaban J connectivity index is 1.64. The van der Waals surface area contributed by atoms with Gasteiger partial charge in [-0.1, -0.05) is 5.16 Å². The van der Waals surface area contributed by atoms with Gasteiger partial charge in [0.1, 0.15) is 11.5 Å². The maximum absolute atomic E-state index is 12.3. The van der Waals surface area contributed by atoms with Gasteiger partial charge in [-0.25, -0.2) is 4.98 Å². The Morgan fingerprint density at radius 1 is 1.08 bits per heavy atom. The zero-order valence-corrected chi connectivity index (χ0v) is 14.3. The molecule has 2 heterocycles. The van der Waals surface area contributed by atoms with Gasteiger partial charge in [-0.15, -0.1) is 0 Å². The minimum Gasteiger partial charge on any atom is -0.378 e. The summed E-state index contributed by atoms with van der Waals surface area (Å²) in [5.41, 5.74) is 2.84. The lowest BCUT2D eigenvalue weighted by molar-refractivity contribution is 0.102. The third-order valence-electron chi connectivity index (χ3n) is 3.54. The van der Waals surface area contributed by atoms with E-state index in [9.17, 15) is 4.79 Å². The highest BCUT2D eigenvalue weighted by Crippen LogP contribution is 2.18. The van der Waals surface area contributed by atoms with Crippen LogP contribution in [0.3, 0.4) is 0 Å². The molecule has 0 unspecified atom stereocenters. The first-order valence-corrected chi connectivity index (χ1v) is 7.76. The van der Waals surface area contributed by atoms with Gasteiger partial charge in [-0.3, -0.25) is 4.79 Å². The number of benzene rings is 1. The number of pyridine rings is 1. The van der Waals surface area contributed by atoms with Crippen LogP contribution in [0.1, 0.15) is 16.2 Å². The van der Waals surface area contributed by atoms with Crippen LogP contribution >= 0.6 is 0 Å². The van der Waals surface area contributed by atoms with Crippen molar-refractivity contribution >= 4 is 28.8 Å². The molecule has 7 nitrogen and oxygen atoms in total. The van der Waals surface area contributed by atoms with Gasteiger partial charge >= 0.3 is 0 Å². The molecule has 128 valence electrons. The molecule has 0 aliphatic heterocycles. The molecule has 7 heteroatoms. The monoisotopic (exact) mass is 337 g/mol. The molecule has 1 aromatic carbocycles. The molecule has 25 heavy (non-hydrogen) atoms. The molecule has 0 bridgehead atoms. The molecule has 0 aliphatic carbocycles. The van der Waals surface area contributed by atoms with Gasteiger partial charge < -0.3 is 20.1 Å². The lowest BCUT2D eigenvalue weighted by Crippen LogP contribution is -2.14. The van der Waals surface area contributed by atoms with Gasteiger partial charge in [0.2, 0.25) is 0 Å². The molecule has 0 saturated carbocycles. The normalized spacial score (nSPS) is 10.4. The number of aromatic nitrogens is 2. The number of amides is 1. The third-order valence-corrected chi connectivity index (χ3v) is 3.54. The first kappa shape index (κ1) is 16.5. The van der Waals surface area contributed by atoms with E-state index in [-0.39, 0.29) is 5.91 Å². The largest absolute Gasteiger partial charge is 0.378 e. The van der Waals surface area contributed by atoms with Gasteiger partial charge in [0.05, 0.1) is 11.9 Å². The predicted molar refractivity (Wildman–Crippen MR) is 97.5 cm³/mol. The average molecular weight is 337 g/mol. The highest BCUT2D eigenvalue weighted by Gasteiger charge is 2.08. The fourth-order valence-electron chi connectivity index (χ4n) is 2.21. The van der Waals surface area contributed by atoms with Gasteiger partial charge in [-0.05, 0) is 43.3 Å². The molecule has 3 rings (SSSR count). The van der Waals surface area contributed by atoms with E-state index in [4.69, 9.17) is 4.52 Å². The molecular weight excluding hydrogens is 318 g/mol. The number of aryl methyl sites for hydroxylation is 1. The number of rotatable bonds is 5. The minimum atomic E-state index is -0.263.